The highest BCUT2D eigenvalue weighted by Crippen LogP contribution is 2.09. The van der Waals surface area contributed by atoms with E-state index in [9.17, 15) is 4.79 Å². The van der Waals surface area contributed by atoms with E-state index in [0.29, 0.717) is 12.4 Å². The second-order valence-corrected chi connectivity index (χ2v) is 3.59. The Hall–Kier alpha value is -1.84. The van der Waals surface area contributed by atoms with Crippen LogP contribution in [0.4, 0.5) is 0 Å². The Kier molecular flexibility index (Phi) is 3.19. The molecule has 1 unspecified atom stereocenters. The van der Waals surface area contributed by atoms with Gasteiger partial charge in [0.05, 0.1) is 0 Å². The molecule has 1 N–H and O–H groups in total. The second kappa shape index (κ2) is 4.79. The Morgan fingerprint density at radius 3 is 2.75 bits per heavy atom. The summed E-state index contributed by atoms with van der Waals surface area (Å²) >= 11 is 0. The maximum atomic E-state index is 11.3. The first-order valence-corrected chi connectivity index (χ1v) is 5.35. The Labute approximate surface area is 94.3 Å². The number of hydrogen-bond donors (Lipinski definition) is 1. The first-order chi connectivity index (χ1) is 7.79. The second-order valence-electron chi connectivity index (χ2n) is 3.59. The molecule has 0 fully saturated rings. The van der Waals surface area contributed by atoms with Gasteiger partial charge in [-0.05, 0) is 18.6 Å². The first kappa shape index (κ1) is 10.7. The monoisotopic (exact) mass is 218 g/mol. The van der Waals surface area contributed by atoms with Crippen LogP contribution in [0, 0.1) is 0 Å². The molecule has 0 saturated carbocycles. The summed E-state index contributed by atoms with van der Waals surface area (Å²) in [6.07, 6.45) is 0.723. The molecule has 1 aromatic carbocycles. The molecule has 84 valence electrons. The van der Waals surface area contributed by atoms with Gasteiger partial charge in [-0.2, -0.15) is 0 Å². The summed E-state index contributed by atoms with van der Waals surface area (Å²) in [7, 11) is 0. The average Bonchev–Trinajstić information content (AvgIpc) is 2.69. The third-order valence-corrected chi connectivity index (χ3v) is 2.39. The van der Waals surface area contributed by atoms with Crippen molar-refractivity contribution in [2.75, 3.05) is 6.61 Å². The number of benzene rings is 1. The summed E-state index contributed by atoms with van der Waals surface area (Å²) in [5.41, 5.74) is 0. The van der Waals surface area contributed by atoms with E-state index in [0.717, 1.165) is 12.2 Å². The molecule has 1 amide bonds. The minimum Gasteiger partial charge on any atom is -0.486 e. The van der Waals surface area contributed by atoms with Crippen molar-refractivity contribution < 1.29 is 9.53 Å². The highest BCUT2D eigenvalue weighted by molar-refractivity contribution is 6.06. The normalized spacial score (nSPS) is 19.2. The predicted molar refractivity (Wildman–Crippen MR) is 61.6 cm³/mol. The van der Waals surface area contributed by atoms with Gasteiger partial charge >= 0.3 is 0 Å². The lowest BCUT2D eigenvalue weighted by Gasteiger charge is -2.04. The quantitative estimate of drug-likeness (QED) is 0.829. The van der Waals surface area contributed by atoms with Crippen LogP contribution in [-0.4, -0.2) is 24.4 Å². The van der Waals surface area contributed by atoms with Gasteiger partial charge in [-0.3, -0.25) is 9.79 Å². The zero-order chi connectivity index (χ0) is 11.4. The molecule has 0 spiro atoms. The van der Waals surface area contributed by atoms with Gasteiger partial charge in [-0.1, -0.05) is 25.1 Å². The molecular formula is C12H14N2O2. The maximum absolute atomic E-state index is 11.3. The van der Waals surface area contributed by atoms with Crippen molar-refractivity contribution in [2.24, 2.45) is 4.99 Å². The molecule has 0 aliphatic carbocycles. The van der Waals surface area contributed by atoms with E-state index in [4.69, 9.17) is 4.74 Å². The fraction of sp³-hybridized carbons (Fsp3) is 0.333. The van der Waals surface area contributed by atoms with Gasteiger partial charge in [0.1, 0.15) is 24.2 Å². The van der Waals surface area contributed by atoms with Crippen LogP contribution >= 0.6 is 0 Å². The number of para-hydroxylation sites is 1. The van der Waals surface area contributed by atoms with Crippen molar-refractivity contribution in [3.8, 4) is 5.75 Å². The van der Waals surface area contributed by atoms with E-state index in [1.165, 1.54) is 0 Å². The van der Waals surface area contributed by atoms with Crippen molar-refractivity contribution >= 4 is 11.7 Å². The Balaban J connectivity index is 1.90. The molecule has 1 aliphatic heterocycles. The Bertz CT molecular complexity index is 401. The number of hydrogen-bond acceptors (Lipinski definition) is 3. The summed E-state index contributed by atoms with van der Waals surface area (Å²) in [5.74, 6) is 1.36. The van der Waals surface area contributed by atoms with Crippen molar-refractivity contribution in [2.45, 2.75) is 19.4 Å². The SMILES string of the molecule is CCC1N=C(COc2ccccc2)NC1=O. The van der Waals surface area contributed by atoms with Gasteiger partial charge in [0.15, 0.2) is 0 Å². The van der Waals surface area contributed by atoms with Gasteiger partial charge in [0.2, 0.25) is 5.91 Å². The van der Waals surface area contributed by atoms with E-state index in [1.54, 1.807) is 0 Å². The number of amides is 1. The van der Waals surface area contributed by atoms with Crippen LogP contribution in [0.1, 0.15) is 13.3 Å². The van der Waals surface area contributed by atoms with E-state index in [2.05, 4.69) is 10.3 Å². The van der Waals surface area contributed by atoms with Crippen molar-refractivity contribution in [1.29, 1.82) is 0 Å². The number of rotatable bonds is 4. The molecule has 2 rings (SSSR count). The lowest BCUT2D eigenvalue weighted by molar-refractivity contribution is -0.120. The smallest absolute Gasteiger partial charge is 0.250 e. The molecule has 0 bridgehead atoms. The number of nitrogens with zero attached hydrogens (tertiary/aromatic N) is 1. The lowest BCUT2D eigenvalue weighted by Crippen LogP contribution is -2.31. The number of carbonyl (C=O) groups is 1. The van der Waals surface area contributed by atoms with Crippen LogP contribution in [0.2, 0.25) is 0 Å². The predicted octanol–water partition coefficient (Wildman–Crippen LogP) is 1.37. The summed E-state index contributed by atoms with van der Waals surface area (Å²) in [6, 6.07) is 9.23. The molecule has 4 nitrogen and oxygen atoms in total. The first-order valence-electron chi connectivity index (χ1n) is 5.35. The van der Waals surface area contributed by atoms with Crippen LogP contribution in [-0.2, 0) is 4.79 Å². The highest BCUT2D eigenvalue weighted by atomic mass is 16.5. The fourth-order valence-corrected chi connectivity index (χ4v) is 1.52. The molecule has 16 heavy (non-hydrogen) atoms. The molecule has 4 heteroatoms. The summed E-state index contributed by atoms with van der Waals surface area (Å²) in [5, 5.41) is 2.71. The highest BCUT2D eigenvalue weighted by Gasteiger charge is 2.24. The standard InChI is InChI=1S/C12H14N2O2/c1-2-10-12(15)14-11(13-10)8-16-9-6-4-3-5-7-9/h3-7,10H,2,8H2,1H3,(H,13,14,15). The number of amidine groups is 1. The molecule has 1 aromatic rings. The topological polar surface area (TPSA) is 50.7 Å². The van der Waals surface area contributed by atoms with Crippen LogP contribution in [0.5, 0.6) is 5.75 Å². The number of aliphatic imine (C=N–C) groups is 1. The van der Waals surface area contributed by atoms with E-state index in [1.807, 2.05) is 37.3 Å². The number of ether oxygens (including phenoxy) is 1. The Morgan fingerprint density at radius 1 is 1.38 bits per heavy atom. The fourth-order valence-electron chi connectivity index (χ4n) is 1.52. The van der Waals surface area contributed by atoms with Crippen LogP contribution in [0.3, 0.4) is 0 Å². The maximum Gasteiger partial charge on any atom is 0.250 e. The van der Waals surface area contributed by atoms with Gasteiger partial charge in [-0.15, -0.1) is 0 Å². The molecule has 0 radical (unpaired) electrons. The molecule has 1 atom stereocenters. The molecule has 0 saturated heterocycles. The lowest BCUT2D eigenvalue weighted by atomic mass is 10.2. The minimum atomic E-state index is -0.241. The largest absolute Gasteiger partial charge is 0.486 e. The molecule has 1 heterocycles. The molecular weight excluding hydrogens is 204 g/mol. The van der Waals surface area contributed by atoms with Crippen molar-refractivity contribution in [3.63, 3.8) is 0 Å². The van der Waals surface area contributed by atoms with E-state index in [-0.39, 0.29) is 11.9 Å². The summed E-state index contributed by atoms with van der Waals surface area (Å²) in [4.78, 5) is 15.6. The van der Waals surface area contributed by atoms with E-state index >= 15 is 0 Å². The number of carbonyl (C=O) groups excluding carboxylic acids is 1. The zero-order valence-electron chi connectivity index (χ0n) is 9.14. The van der Waals surface area contributed by atoms with Crippen molar-refractivity contribution in [3.05, 3.63) is 30.3 Å². The van der Waals surface area contributed by atoms with E-state index < -0.39 is 0 Å². The zero-order valence-corrected chi connectivity index (χ0v) is 9.14. The van der Waals surface area contributed by atoms with Gasteiger partial charge < -0.3 is 10.1 Å². The third kappa shape index (κ3) is 2.39. The molecule has 0 aromatic heterocycles. The van der Waals surface area contributed by atoms with Crippen LogP contribution in [0.25, 0.3) is 0 Å². The van der Waals surface area contributed by atoms with Crippen LogP contribution in [0.15, 0.2) is 35.3 Å². The third-order valence-electron chi connectivity index (χ3n) is 2.39. The Morgan fingerprint density at radius 2 is 2.12 bits per heavy atom. The molecule has 1 aliphatic rings. The minimum absolute atomic E-state index is 0.0332. The van der Waals surface area contributed by atoms with Crippen LogP contribution < -0.4 is 10.1 Å². The van der Waals surface area contributed by atoms with Gasteiger partial charge in [0, 0.05) is 0 Å². The van der Waals surface area contributed by atoms with Crippen molar-refractivity contribution in [1.82, 2.24) is 5.32 Å². The average molecular weight is 218 g/mol. The summed E-state index contributed by atoms with van der Waals surface area (Å²) in [6.45, 7) is 2.25. The summed E-state index contributed by atoms with van der Waals surface area (Å²) < 4.78 is 5.49. The van der Waals surface area contributed by atoms with Gasteiger partial charge in [0.25, 0.3) is 0 Å². The number of nitrogens with one attached hydrogen (secondary N) is 1. The van der Waals surface area contributed by atoms with Gasteiger partial charge in [-0.25, -0.2) is 0 Å².